The van der Waals surface area contributed by atoms with E-state index in [0.29, 0.717) is 0 Å². The zero-order valence-electron chi connectivity index (χ0n) is 8.25. The van der Waals surface area contributed by atoms with Crippen LogP contribution < -0.4 is 9.88 Å². The summed E-state index contributed by atoms with van der Waals surface area (Å²) in [7, 11) is -4.35. The first-order valence-corrected chi connectivity index (χ1v) is 6.58. The highest BCUT2D eigenvalue weighted by atomic mass is 127. The van der Waals surface area contributed by atoms with E-state index in [9.17, 15) is 21.6 Å². The normalized spacial score (nSPS) is 12.6. The van der Waals surface area contributed by atoms with Crippen molar-refractivity contribution in [3.05, 3.63) is 15.5 Å². The molecule has 10 heteroatoms. The summed E-state index contributed by atoms with van der Waals surface area (Å²) in [5.74, 6) is -0.854. The first-order chi connectivity index (χ1) is 7.52. The lowest BCUT2D eigenvalue weighted by molar-refractivity contribution is -0.275. The number of primary sulfonamides is 1. The Morgan fingerprint density at radius 1 is 1.47 bits per heavy atom. The predicted octanol–water partition coefficient (Wildman–Crippen LogP) is 1.54. The van der Waals surface area contributed by atoms with E-state index in [1.165, 1.54) is 29.5 Å². The van der Waals surface area contributed by atoms with Gasteiger partial charge in [0.15, 0.2) is 5.75 Å². The minimum Gasteiger partial charge on any atom is -0.403 e. The molecule has 17 heavy (non-hydrogen) atoms. The lowest BCUT2D eigenvalue weighted by Crippen LogP contribution is -2.23. The average molecular weight is 382 g/mol. The summed E-state index contributed by atoms with van der Waals surface area (Å²) in [6.45, 7) is 1.22. The average Bonchev–Trinajstić information content (AvgIpc) is 2.06. The van der Waals surface area contributed by atoms with Crippen LogP contribution in [0.15, 0.2) is 11.1 Å². The molecule has 0 aliphatic heterocycles. The second kappa shape index (κ2) is 4.57. The molecule has 0 radical (unpaired) electrons. The molecule has 0 atom stereocenters. The van der Waals surface area contributed by atoms with E-state index in [0.717, 1.165) is 6.20 Å². The summed E-state index contributed by atoms with van der Waals surface area (Å²) in [5, 5.41) is 4.83. The van der Waals surface area contributed by atoms with Gasteiger partial charge in [0.2, 0.25) is 10.0 Å². The van der Waals surface area contributed by atoms with Crippen molar-refractivity contribution >= 4 is 32.6 Å². The number of pyridine rings is 1. The highest BCUT2D eigenvalue weighted by Gasteiger charge is 2.35. The largest absolute Gasteiger partial charge is 0.573 e. The van der Waals surface area contributed by atoms with Crippen molar-refractivity contribution in [1.82, 2.24) is 4.98 Å². The van der Waals surface area contributed by atoms with E-state index < -0.39 is 27.0 Å². The maximum Gasteiger partial charge on any atom is 0.573 e. The van der Waals surface area contributed by atoms with Gasteiger partial charge < -0.3 is 4.74 Å². The summed E-state index contributed by atoms with van der Waals surface area (Å²) in [4.78, 5) is 2.86. The van der Waals surface area contributed by atoms with E-state index in [1.54, 1.807) is 0 Å². The molecule has 1 aromatic heterocycles. The standard InChI is InChI=1S/C7H6F3IN2O3S/c1-3-6(17(12,14)15)5(4(11)2-13-3)16-7(8,9)10/h2H,1H3,(H2,12,14,15). The van der Waals surface area contributed by atoms with Gasteiger partial charge in [0.1, 0.15) is 4.90 Å². The third kappa shape index (κ3) is 3.67. The first-order valence-electron chi connectivity index (χ1n) is 3.96. The molecule has 0 aliphatic rings. The maximum absolute atomic E-state index is 12.1. The number of ether oxygens (including phenoxy) is 1. The van der Waals surface area contributed by atoms with Gasteiger partial charge in [-0.15, -0.1) is 13.2 Å². The van der Waals surface area contributed by atoms with Gasteiger partial charge >= 0.3 is 6.36 Å². The van der Waals surface area contributed by atoms with Crippen molar-refractivity contribution in [2.24, 2.45) is 5.14 Å². The third-order valence-electron chi connectivity index (χ3n) is 1.63. The molecule has 1 aromatic rings. The number of hydrogen-bond acceptors (Lipinski definition) is 4. The zero-order chi connectivity index (χ0) is 13.4. The molecular formula is C7H6F3IN2O3S. The van der Waals surface area contributed by atoms with Crippen molar-refractivity contribution < 1.29 is 26.3 Å². The minimum absolute atomic E-state index is 0.102. The smallest absolute Gasteiger partial charge is 0.403 e. The van der Waals surface area contributed by atoms with Crippen LogP contribution in [-0.2, 0) is 10.0 Å². The predicted molar refractivity (Wildman–Crippen MR) is 59.7 cm³/mol. The molecule has 0 bridgehead atoms. The molecule has 0 aromatic carbocycles. The minimum atomic E-state index is -5.01. The quantitative estimate of drug-likeness (QED) is 0.787. The second-order valence-electron chi connectivity index (χ2n) is 2.94. The fourth-order valence-corrected chi connectivity index (χ4v) is 2.67. The van der Waals surface area contributed by atoms with Crippen molar-refractivity contribution in [1.29, 1.82) is 0 Å². The summed E-state index contributed by atoms with van der Waals surface area (Å²) < 4.78 is 62.4. The molecule has 0 saturated carbocycles. The van der Waals surface area contributed by atoms with E-state index in [2.05, 4.69) is 9.72 Å². The Labute approximate surface area is 108 Å². The maximum atomic E-state index is 12.1. The second-order valence-corrected chi connectivity index (χ2v) is 5.60. The molecule has 96 valence electrons. The number of aromatic nitrogens is 1. The van der Waals surface area contributed by atoms with Gasteiger partial charge in [-0.05, 0) is 29.5 Å². The molecule has 1 heterocycles. The number of nitrogens with two attached hydrogens (primary N) is 1. The number of rotatable bonds is 2. The van der Waals surface area contributed by atoms with Crippen LogP contribution in [0.4, 0.5) is 13.2 Å². The van der Waals surface area contributed by atoms with Crippen LogP contribution in [0.5, 0.6) is 5.75 Å². The van der Waals surface area contributed by atoms with Crippen LogP contribution in [0.1, 0.15) is 5.69 Å². The highest BCUT2D eigenvalue weighted by molar-refractivity contribution is 14.1. The summed E-state index contributed by atoms with van der Waals surface area (Å²) in [6.07, 6.45) is -3.95. The summed E-state index contributed by atoms with van der Waals surface area (Å²) >= 11 is 1.48. The number of aryl methyl sites for hydroxylation is 1. The Morgan fingerprint density at radius 3 is 2.41 bits per heavy atom. The van der Waals surface area contributed by atoms with Crippen LogP contribution in [0.2, 0.25) is 0 Å². The Hall–Kier alpha value is -0.620. The molecule has 0 spiro atoms. The number of alkyl halides is 3. The van der Waals surface area contributed by atoms with E-state index in [1.807, 2.05) is 0 Å². The van der Waals surface area contributed by atoms with Gasteiger partial charge in [-0.2, -0.15) is 0 Å². The van der Waals surface area contributed by atoms with Gasteiger partial charge in [-0.1, -0.05) is 0 Å². The molecule has 1 rings (SSSR count). The molecule has 0 amide bonds. The van der Waals surface area contributed by atoms with E-state index in [4.69, 9.17) is 5.14 Å². The van der Waals surface area contributed by atoms with Gasteiger partial charge in [0.05, 0.1) is 9.26 Å². The summed E-state index contributed by atoms with van der Waals surface area (Å²) in [5.41, 5.74) is -0.160. The van der Waals surface area contributed by atoms with Crippen LogP contribution >= 0.6 is 22.6 Å². The molecule has 0 fully saturated rings. The zero-order valence-corrected chi connectivity index (χ0v) is 11.2. The highest BCUT2D eigenvalue weighted by Crippen LogP contribution is 2.34. The molecule has 0 saturated heterocycles. The van der Waals surface area contributed by atoms with Crippen molar-refractivity contribution in [2.75, 3.05) is 0 Å². The third-order valence-corrected chi connectivity index (χ3v) is 3.44. The van der Waals surface area contributed by atoms with E-state index in [-0.39, 0.29) is 9.26 Å². The van der Waals surface area contributed by atoms with Crippen LogP contribution in [0.25, 0.3) is 0 Å². The van der Waals surface area contributed by atoms with Gasteiger partial charge in [-0.25, -0.2) is 13.6 Å². The lowest BCUT2D eigenvalue weighted by atomic mass is 10.3. The van der Waals surface area contributed by atoms with Crippen LogP contribution in [0.3, 0.4) is 0 Å². The lowest BCUT2D eigenvalue weighted by Gasteiger charge is -2.14. The summed E-state index contributed by atoms with van der Waals surface area (Å²) in [6, 6.07) is 0. The molecule has 0 aliphatic carbocycles. The SMILES string of the molecule is Cc1ncc(I)c(OC(F)(F)F)c1S(N)(=O)=O. The Balaban J connectivity index is 3.52. The molecule has 0 unspecified atom stereocenters. The van der Waals surface area contributed by atoms with Crippen LogP contribution in [-0.4, -0.2) is 19.8 Å². The Bertz CT molecular complexity index is 544. The van der Waals surface area contributed by atoms with Gasteiger partial charge in [0, 0.05) is 6.20 Å². The number of sulfonamides is 1. The first kappa shape index (κ1) is 14.4. The Morgan fingerprint density at radius 2 is 2.00 bits per heavy atom. The van der Waals surface area contributed by atoms with Crippen molar-refractivity contribution in [3.8, 4) is 5.75 Å². The molecular weight excluding hydrogens is 376 g/mol. The molecule has 5 nitrogen and oxygen atoms in total. The van der Waals surface area contributed by atoms with E-state index >= 15 is 0 Å². The van der Waals surface area contributed by atoms with Crippen LogP contribution in [0, 0.1) is 10.5 Å². The fourth-order valence-electron chi connectivity index (χ4n) is 1.09. The van der Waals surface area contributed by atoms with Gasteiger partial charge in [-0.3, -0.25) is 4.98 Å². The fraction of sp³-hybridized carbons (Fsp3) is 0.286. The number of hydrogen-bond donors (Lipinski definition) is 1. The Kier molecular flexibility index (Phi) is 3.88. The van der Waals surface area contributed by atoms with Crippen molar-refractivity contribution in [3.63, 3.8) is 0 Å². The number of nitrogens with zero attached hydrogens (tertiary/aromatic N) is 1. The molecule has 2 N–H and O–H groups in total. The monoisotopic (exact) mass is 382 g/mol. The van der Waals surface area contributed by atoms with Crippen molar-refractivity contribution in [2.45, 2.75) is 18.2 Å². The van der Waals surface area contributed by atoms with Gasteiger partial charge in [0.25, 0.3) is 0 Å². The topological polar surface area (TPSA) is 82.3 Å². The number of halogens is 4.